The molecule has 0 fully saturated rings. The Balaban J connectivity index is 1.90. The number of hydrogen-bond acceptors (Lipinski definition) is 6. The highest BCUT2D eigenvalue weighted by Gasteiger charge is 2.23. The molecule has 2 N–H and O–H groups in total. The summed E-state index contributed by atoms with van der Waals surface area (Å²) in [6.07, 6.45) is 0. The maximum absolute atomic E-state index is 13.0. The molecule has 3 rings (SSSR count). The number of sulfonamides is 2. The summed E-state index contributed by atoms with van der Waals surface area (Å²) in [6, 6.07) is 17.5. The highest BCUT2D eigenvalue weighted by atomic mass is 32.2. The van der Waals surface area contributed by atoms with E-state index in [4.69, 9.17) is 4.74 Å². The van der Waals surface area contributed by atoms with Crippen LogP contribution in [0.25, 0.3) is 0 Å². The lowest BCUT2D eigenvalue weighted by Gasteiger charge is -2.15. The molecule has 186 valence electrons. The second-order valence-electron chi connectivity index (χ2n) is 7.89. The van der Waals surface area contributed by atoms with Crippen molar-refractivity contribution >= 4 is 31.6 Å². The number of hydrogen-bond donors (Lipinski definition) is 2. The van der Waals surface area contributed by atoms with Gasteiger partial charge in [-0.05, 0) is 48.4 Å². The molecule has 3 aromatic rings. The Labute approximate surface area is 205 Å². The van der Waals surface area contributed by atoms with Crippen LogP contribution in [-0.2, 0) is 26.6 Å². The van der Waals surface area contributed by atoms with Gasteiger partial charge in [0.05, 0.1) is 12.0 Å². The maximum atomic E-state index is 13.0. The van der Waals surface area contributed by atoms with Gasteiger partial charge in [-0.3, -0.25) is 4.79 Å². The van der Waals surface area contributed by atoms with Crippen molar-refractivity contribution in [2.45, 2.75) is 23.3 Å². The molecule has 0 saturated heterocycles. The van der Waals surface area contributed by atoms with Gasteiger partial charge < -0.3 is 10.1 Å². The molecule has 3 aromatic carbocycles. The van der Waals surface area contributed by atoms with E-state index in [2.05, 4.69) is 10.0 Å². The number of ether oxygens (including phenoxy) is 1. The number of carbonyl (C=O) groups excluding carboxylic acids is 1. The average Bonchev–Trinajstić information content (AvgIpc) is 2.84. The predicted molar refractivity (Wildman–Crippen MR) is 133 cm³/mol. The van der Waals surface area contributed by atoms with Gasteiger partial charge in [-0.1, -0.05) is 36.4 Å². The molecule has 35 heavy (non-hydrogen) atoms. The van der Waals surface area contributed by atoms with E-state index in [1.165, 1.54) is 51.5 Å². The summed E-state index contributed by atoms with van der Waals surface area (Å²) in [6.45, 7) is 1.79. The lowest BCUT2D eigenvalue weighted by atomic mass is 10.1. The number of nitrogens with one attached hydrogen (secondary N) is 2. The van der Waals surface area contributed by atoms with Gasteiger partial charge in [-0.2, -0.15) is 0 Å². The van der Waals surface area contributed by atoms with E-state index in [-0.39, 0.29) is 27.6 Å². The largest absolute Gasteiger partial charge is 0.495 e. The number of nitrogens with zero attached hydrogens (tertiary/aromatic N) is 1. The summed E-state index contributed by atoms with van der Waals surface area (Å²) in [5, 5.41) is 2.67. The van der Waals surface area contributed by atoms with E-state index in [0.717, 1.165) is 9.87 Å². The van der Waals surface area contributed by atoms with E-state index >= 15 is 0 Å². The Morgan fingerprint density at radius 1 is 0.943 bits per heavy atom. The van der Waals surface area contributed by atoms with Crippen molar-refractivity contribution in [3.8, 4) is 5.75 Å². The number of carbonyl (C=O) groups is 1. The van der Waals surface area contributed by atoms with E-state index in [0.29, 0.717) is 11.3 Å². The zero-order valence-electron chi connectivity index (χ0n) is 19.8. The molecule has 0 heterocycles. The van der Waals surface area contributed by atoms with Crippen LogP contribution in [0.15, 0.2) is 76.5 Å². The Bertz CT molecular complexity index is 1440. The first-order chi connectivity index (χ1) is 16.5. The van der Waals surface area contributed by atoms with Gasteiger partial charge in [0.15, 0.2) is 0 Å². The third kappa shape index (κ3) is 6.06. The highest BCUT2D eigenvalue weighted by Crippen LogP contribution is 2.27. The first-order valence-corrected chi connectivity index (χ1v) is 13.4. The van der Waals surface area contributed by atoms with Gasteiger partial charge in [-0.15, -0.1) is 0 Å². The molecule has 0 atom stereocenters. The standard InChI is InChI=1S/C24H27N3O6S2/c1-17-10-12-20(35(31,32)27(2)3)15-21(17)26-24(28)19-11-13-22(33-4)23(14-19)34(29,30)25-16-18-8-6-5-7-9-18/h5-15,25H,16H2,1-4H3,(H,26,28). The number of anilines is 1. The summed E-state index contributed by atoms with van der Waals surface area (Å²) < 4.78 is 59.7. The first kappa shape index (κ1) is 26.4. The van der Waals surface area contributed by atoms with E-state index in [1.807, 2.05) is 6.07 Å². The summed E-state index contributed by atoms with van der Waals surface area (Å²) in [5.74, 6) is -0.521. The molecular weight excluding hydrogens is 490 g/mol. The molecule has 1 amide bonds. The summed E-state index contributed by atoms with van der Waals surface area (Å²) >= 11 is 0. The summed E-state index contributed by atoms with van der Waals surface area (Å²) in [7, 11) is -3.55. The van der Waals surface area contributed by atoms with Crippen molar-refractivity contribution in [2.24, 2.45) is 0 Å². The summed E-state index contributed by atoms with van der Waals surface area (Å²) in [5.41, 5.74) is 1.76. The Hall–Kier alpha value is -3.25. The smallest absolute Gasteiger partial charge is 0.255 e. The van der Waals surface area contributed by atoms with E-state index in [9.17, 15) is 21.6 Å². The van der Waals surface area contributed by atoms with Crippen molar-refractivity contribution in [1.29, 1.82) is 0 Å². The zero-order valence-corrected chi connectivity index (χ0v) is 21.4. The molecule has 0 aliphatic heterocycles. The second-order valence-corrected chi connectivity index (χ2v) is 11.8. The number of methoxy groups -OCH3 is 1. The molecule has 11 heteroatoms. The second kappa shape index (κ2) is 10.6. The van der Waals surface area contributed by atoms with Crippen LogP contribution in [0.5, 0.6) is 5.75 Å². The molecule has 0 aromatic heterocycles. The number of aryl methyl sites for hydroxylation is 1. The van der Waals surface area contributed by atoms with Gasteiger partial charge in [0.2, 0.25) is 20.0 Å². The van der Waals surface area contributed by atoms with Gasteiger partial charge in [0.25, 0.3) is 5.91 Å². The fourth-order valence-corrected chi connectivity index (χ4v) is 5.32. The van der Waals surface area contributed by atoms with Crippen LogP contribution >= 0.6 is 0 Å². The molecule has 9 nitrogen and oxygen atoms in total. The molecule has 0 saturated carbocycles. The molecule has 0 aliphatic rings. The highest BCUT2D eigenvalue weighted by molar-refractivity contribution is 7.89. The SMILES string of the molecule is COc1ccc(C(=O)Nc2cc(S(=O)(=O)N(C)C)ccc2C)cc1S(=O)(=O)NCc1ccccc1. The molecule has 0 aliphatic carbocycles. The van der Waals surface area contributed by atoms with Crippen molar-refractivity contribution in [2.75, 3.05) is 26.5 Å². The normalized spacial score (nSPS) is 11.9. The van der Waals surface area contributed by atoms with E-state index in [1.54, 1.807) is 37.3 Å². The van der Waals surface area contributed by atoms with Gasteiger partial charge in [-0.25, -0.2) is 25.9 Å². The van der Waals surface area contributed by atoms with Crippen molar-refractivity contribution in [1.82, 2.24) is 9.03 Å². The molecule has 0 spiro atoms. The minimum atomic E-state index is -4.01. The minimum Gasteiger partial charge on any atom is -0.495 e. The first-order valence-electron chi connectivity index (χ1n) is 10.5. The van der Waals surface area contributed by atoms with Crippen LogP contribution in [0, 0.1) is 6.92 Å². The lowest BCUT2D eigenvalue weighted by molar-refractivity contribution is 0.102. The molecule has 0 unspecified atom stereocenters. The van der Waals surface area contributed by atoms with Crippen molar-refractivity contribution < 1.29 is 26.4 Å². The minimum absolute atomic E-state index is 0.0199. The number of rotatable bonds is 9. The quantitative estimate of drug-likeness (QED) is 0.450. The average molecular weight is 518 g/mol. The number of amides is 1. The Morgan fingerprint density at radius 2 is 1.63 bits per heavy atom. The monoisotopic (exact) mass is 517 g/mol. The van der Waals surface area contributed by atoms with Crippen molar-refractivity contribution in [3.63, 3.8) is 0 Å². The molecular formula is C24H27N3O6S2. The van der Waals surface area contributed by atoms with Gasteiger partial charge in [0.1, 0.15) is 10.6 Å². The van der Waals surface area contributed by atoms with Crippen molar-refractivity contribution in [3.05, 3.63) is 83.4 Å². The van der Waals surface area contributed by atoms with Gasteiger partial charge >= 0.3 is 0 Å². The molecule has 0 bridgehead atoms. The van der Waals surface area contributed by atoms with Crippen LogP contribution in [0.4, 0.5) is 5.69 Å². The zero-order chi connectivity index (χ0) is 25.8. The maximum Gasteiger partial charge on any atom is 0.255 e. The third-order valence-corrected chi connectivity index (χ3v) is 8.49. The summed E-state index contributed by atoms with van der Waals surface area (Å²) in [4.78, 5) is 12.8. The third-order valence-electron chi connectivity index (χ3n) is 5.26. The number of benzene rings is 3. The predicted octanol–water partition coefficient (Wildman–Crippen LogP) is 2.98. The van der Waals surface area contributed by atoms with E-state index < -0.39 is 26.0 Å². The molecule has 0 radical (unpaired) electrons. The Kier molecular flexibility index (Phi) is 7.96. The van der Waals surface area contributed by atoms with Crippen LogP contribution in [-0.4, -0.2) is 48.3 Å². The van der Waals surface area contributed by atoms with Crippen LogP contribution in [0.3, 0.4) is 0 Å². The lowest BCUT2D eigenvalue weighted by Crippen LogP contribution is -2.24. The van der Waals surface area contributed by atoms with Crippen LogP contribution in [0.1, 0.15) is 21.5 Å². The fourth-order valence-electron chi connectivity index (χ4n) is 3.18. The van der Waals surface area contributed by atoms with Gasteiger partial charge in [0, 0.05) is 31.9 Å². The van der Waals surface area contributed by atoms with Crippen LogP contribution in [0.2, 0.25) is 0 Å². The fraction of sp³-hybridized carbons (Fsp3) is 0.208. The van der Waals surface area contributed by atoms with Crippen LogP contribution < -0.4 is 14.8 Å². The topological polar surface area (TPSA) is 122 Å². The Morgan fingerprint density at radius 3 is 2.26 bits per heavy atom.